The lowest BCUT2D eigenvalue weighted by Gasteiger charge is -2.04. The summed E-state index contributed by atoms with van der Waals surface area (Å²) in [6.07, 6.45) is 4.47. The van der Waals surface area contributed by atoms with Gasteiger partial charge in [-0.15, -0.1) is 0 Å². The largest absolute Gasteiger partial charge is 0.373 e. The predicted molar refractivity (Wildman–Crippen MR) is 71.5 cm³/mol. The molecule has 0 atom stereocenters. The number of aromatic nitrogens is 3. The summed E-state index contributed by atoms with van der Waals surface area (Å²) in [5.74, 6) is 0.817. The van der Waals surface area contributed by atoms with Gasteiger partial charge in [0, 0.05) is 13.2 Å². The summed E-state index contributed by atoms with van der Waals surface area (Å²) in [6, 6.07) is 3.41. The molecule has 0 saturated carbocycles. The minimum Gasteiger partial charge on any atom is -0.373 e. The molecule has 0 aromatic carbocycles. The van der Waals surface area contributed by atoms with E-state index < -0.39 is 0 Å². The summed E-state index contributed by atoms with van der Waals surface area (Å²) in [5, 5.41) is 5.51. The predicted octanol–water partition coefficient (Wildman–Crippen LogP) is 1.93. The van der Waals surface area contributed by atoms with Gasteiger partial charge in [-0.05, 0) is 28.1 Å². The van der Waals surface area contributed by atoms with Gasteiger partial charge < -0.3 is 10.6 Å². The molecule has 1 amide bonds. The highest BCUT2D eigenvalue weighted by molar-refractivity contribution is 9.10. The van der Waals surface area contributed by atoms with E-state index in [2.05, 4.69) is 41.5 Å². The van der Waals surface area contributed by atoms with Gasteiger partial charge >= 0.3 is 0 Å². The molecule has 2 rings (SSSR count). The van der Waals surface area contributed by atoms with Crippen molar-refractivity contribution in [1.29, 1.82) is 0 Å². The van der Waals surface area contributed by atoms with Crippen molar-refractivity contribution >= 4 is 33.5 Å². The second-order valence-corrected chi connectivity index (χ2v) is 4.17. The standard InChI is InChI=1S/C11H10BrN5O/c1-13-9-3-2-7(4-15-9)11(18)17-10-6-14-8(12)5-16-10/h2-6H,1H3,(H,13,15)(H,16,17,18). The van der Waals surface area contributed by atoms with Crippen molar-refractivity contribution in [2.24, 2.45) is 0 Å². The first-order valence-electron chi connectivity index (χ1n) is 5.12. The number of carbonyl (C=O) groups is 1. The Bertz CT molecular complexity index is 540. The van der Waals surface area contributed by atoms with Crippen molar-refractivity contribution in [3.63, 3.8) is 0 Å². The molecule has 0 saturated heterocycles. The summed E-state index contributed by atoms with van der Waals surface area (Å²) < 4.78 is 0.612. The van der Waals surface area contributed by atoms with Crippen molar-refractivity contribution in [3.8, 4) is 0 Å². The molecule has 0 bridgehead atoms. The third kappa shape index (κ3) is 3.01. The van der Waals surface area contributed by atoms with Crippen molar-refractivity contribution < 1.29 is 4.79 Å². The van der Waals surface area contributed by atoms with Crippen LogP contribution in [0.2, 0.25) is 0 Å². The van der Waals surface area contributed by atoms with E-state index in [-0.39, 0.29) is 5.91 Å². The number of nitrogens with one attached hydrogen (secondary N) is 2. The molecule has 2 aromatic rings. The van der Waals surface area contributed by atoms with Gasteiger partial charge in [0.2, 0.25) is 0 Å². The van der Waals surface area contributed by atoms with Crippen LogP contribution >= 0.6 is 15.9 Å². The van der Waals surface area contributed by atoms with Gasteiger partial charge in [0.05, 0.1) is 18.0 Å². The lowest BCUT2D eigenvalue weighted by molar-refractivity contribution is 0.102. The summed E-state index contributed by atoms with van der Waals surface area (Å²) in [4.78, 5) is 23.9. The smallest absolute Gasteiger partial charge is 0.258 e. The SMILES string of the molecule is CNc1ccc(C(=O)Nc2cnc(Br)cn2)cn1. The first-order valence-corrected chi connectivity index (χ1v) is 5.91. The Morgan fingerprint density at radius 1 is 1.11 bits per heavy atom. The maximum Gasteiger partial charge on any atom is 0.258 e. The van der Waals surface area contributed by atoms with Crippen molar-refractivity contribution in [1.82, 2.24) is 15.0 Å². The van der Waals surface area contributed by atoms with Gasteiger partial charge in [-0.2, -0.15) is 0 Å². The van der Waals surface area contributed by atoms with Gasteiger partial charge in [0.25, 0.3) is 5.91 Å². The van der Waals surface area contributed by atoms with E-state index in [1.807, 2.05) is 0 Å². The van der Waals surface area contributed by atoms with Gasteiger partial charge in [0.15, 0.2) is 5.82 Å². The topological polar surface area (TPSA) is 79.8 Å². The molecule has 0 aliphatic carbocycles. The fraction of sp³-hybridized carbons (Fsp3) is 0.0909. The Kier molecular flexibility index (Phi) is 3.83. The van der Waals surface area contributed by atoms with E-state index in [9.17, 15) is 4.79 Å². The van der Waals surface area contributed by atoms with Crippen LogP contribution < -0.4 is 10.6 Å². The van der Waals surface area contributed by atoms with Crippen molar-refractivity contribution in [2.75, 3.05) is 17.7 Å². The Labute approximate surface area is 112 Å². The molecule has 0 radical (unpaired) electrons. The lowest BCUT2D eigenvalue weighted by Crippen LogP contribution is -2.13. The van der Waals surface area contributed by atoms with Crippen molar-refractivity contribution in [2.45, 2.75) is 0 Å². The molecule has 0 aliphatic heterocycles. The quantitative estimate of drug-likeness (QED) is 0.905. The average molecular weight is 308 g/mol. The summed E-state index contributed by atoms with van der Waals surface area (Å²) in [5.41, 5.74) is 0.457. The number of amides is 1. The monoisotopic (exact) mass is 307 g/mol. The van der Waals surface area contributed by atoms with Gasteiger partial charge in [-0.3, -0.25) is 4.79 Å². The third-order valence-electron chi connectivity index (χ3n) is 2.14. The summed E-state index contributed by atoms with van der Waals surface area (Å²) in [7, 11) is 1.76. The summed E-state index contributed by atoms with van der Waals surface area (Å²) in [6.45, 7) is 0. The molecule has 0 spiro atoms. The molecule has 2 heterocycles. The molecule has 0 unspecified atom stereocenters. The van der Waals surface area contributed by atoms with Crippen LogP contribution in [-0.4, -0.2) is 27.9 Å². The highest BCUT2D eigenvalue weighted by Gasteiger charge is 2.07. The molecule has 18 heavy (non-hydrogen) atoms. The van der Waals surface area contributed by atoms with E-state index in [1.165, 1.54) is 18.6 Å². The van der Waals surface area contributed by atoms with Crippen LogP contribution in [0, 0.1) is 0 Å². The van der Waals surface area contributed by atoms with Crippen LogP contribution in [0.1, 0.15) is 10.4 Å². The lowest BCUT2D eigenvalue weighted by atomic mass is 10.2. The van der Waals surface area contributed by atoms with E-state index >= 15 is 0 Å². The number of carbonyl (C=O) groups excluding carboxylic acids is 1. The van der Waals surface area contributed by atoms with Crippen LogP contribution in [0.15, 0.2) is 35.3 Å². The van der Waals surface area contributed by atoms with Gasteiger partial charge in [0.1, 0.15) is 10.4 Å². The van der Waals surface area contributed by atoms with E-state index in [0.29, 0.717) is 21.8 Å². The first-order chi connectivity index (χ1) is 8.69. The van der Waals surface area contributed by atoms with Crippen molar-refractivity contribution in [3.05, 3.63) is 40.9 Å². The number of nitrogens with zero attached hydrogens (tertiary/aromatic N) is 3. The maximum atomic E-state index is 11.8. The molecule has 0 aliphatic rings. The zero-order valence-electron chi connectivity index (χ0n) is 9.51. The molecule has 2 aromatic heterocycles. The fourth-order valence-electron chi connectivity index (χ4n) is 1.24. The van der Waals surface area contributed by atoms with Crippen LogP contribution in [0.25, 0.3) is 0 Å². The Morgan fingerprint density at radius 2 is 1.89 bits per heavy atom. The third-order valence-corrected chi connectivity index (χ3v) is 2.55. The number of anilines is 2. The van der Waals surface area contributed by atoms with Gasteiger partial charge in [-0.25, -0.2) is 15.0 Å². The molecule has 6 nitrogen and oxygen atoms in total. The normalized spacial score (nSPS) is 9.89. The number of rotatable bonds is 3. The molecular weight excluding hydrogens is 298 g/mol. The number of pyridine rings is 1. The van der Waals surface area contributed by atoms with Crippen LogP contribution in [0.3, 0.4) is 0 Å². The number of hydrogen-bond donors (Lipinski definition) is 2. The van der Waals surface area contributed by atoms with Gasteiger partial charge in [-0.1, -0.05) is 0 Å². The minimum absolute atomic E-state index is 0.276. The van der Waals surface area contributed by atoms with E-state index in [1.54, 1.807) is 19.2 Å². The zero-order valence-corrected chi connectivity index (χ0v) is 11.1. The highest BCUT2D eigenvalue weighted by atomic mass is 79.9. The molecule has 92 valence electrons. The number of halogens is 1. The Hall–Kier alpha value is -2.02. The molecule has 0 fully saturated rings. The number of hydrogen-bond acceptors (Lipinski definition) is 5. The maximum absolute atomic E-state index is 11.8. The second kappa shape index (κ2) is 5.54. The molecule has 2 N–H and O–H groups in total. The first kappa shape index (κ1) is 12.4. The Morgan fingerprint density at radius 3 is 2.44 bits per heavy atom. The fourth-order valence-corrected chi connectivity index (χ4v) is 1.45. The molecule has 7 heteroatoms. The summed E-state index contributed by atoms with van der Waals surface area (Å²) >= 11 is 3.17. The van der Waals surface area contributed by atoms with Crippen LogP contribution in [0.5, 0.6) is 0 Å². The Balaban J connectivity index is 2.09. The van der Waals surface area contributed by atoms with E-state index in [4.69, 9.17) is 0 Å². The average Bonchev–Trinajstić information content (AvgIpc) is 2.41. The van der Waals surface area contributed by atoms with Crippen LogP contribution in [0.4, 0.5) is 11.6 Å². The molecular formula is C11H10BrN5O. The van der Waals surface area contributed by atoms with Crippen LogP contribution in [-0.2, 0) is 0 Å². The zero-order chi connectivity index (χ0) is 13.0. The second-order valence-electron chi connectivity index (χ2n) is 3.36. The van der Waals surface area contributed by atoms with E-state index in [0.717, 1.165) is 0 Å². The highest BCUT2D eigenvalue weighted by Crippen LogP contribution is 2.09. The minimum atomic E-state index is -0.276.